The number of hydrogen-bond acceptors (Lipinski definition) is 2. The first-order valence-electron chi connectivity index (χ1n) is 6.18. The highest BCUT2D eigenvalue weighted by atomic mass is 16.2. The second-order valence-electron chi connectivity index (χ2n) is 4.58. The average Bonchev–Trinajstić information content (AvgIpc) is 2.77. The van der Waals surface area contributed by atoms with Crippen molar-refractivity contribution in [2.24, 2.45) is 11.8 Å². The zero-order valence-corrected chi connectivity index (χ0v) is 10.3. The van der Waals surface area contributed by atoms with E-state index in [1.165, 1.54) is 0 Å². The minimum atomic E-state index is 0.231. The van der Waals surface area contributed by atoms with Crippen molar-refractivity contribution in [2.45, 2.75) is 33.6 Å². The van der Waals surface area contributed by atoms with Gasteiger partial charge >= 0.3 is 0 Å². The number of nitrogens with zero attached hydrogens (tertiary/aromatic N) is 1. The molecule has 1 heterocycles. The third-order valence-electron chi connectivity index (χ3n) is 3.33. The zero-order chi connectivity index (χ0) is 11.3. The predicted octanol–water partition coefficient (Wildman–Crippen LogP) is 1.49. The fraction of sp³-hybridized carbons (Fsp3) is 0.917. The monoisotopic (exact) mass is 212 g/mol. The van der Waals surface area contributed by atoms with Crippen LogP contribution in [0.4, 0.5) is 0 Å². The van der Waals surface area contributed by atoms with Crippen molar-refractivity contribution >= 4 is 5.91 Å². The average molecular weight is 212 g/mol. The summed E-state index contributed by atoms with van der Waals surface area (Å²) in [7, 11) is 0. The van der Waals surface area contributed by atoms with Crippen LogP contribution in [0, 0.1) is 11.8 Å². The SMILES string of the molecule is CCC(C)CN(CC)C(=O)C1CCNC1. The first-order chi connectivity index (χ1) is 7.19. The van der Waals surface area contributed by atoms with Gasteiger partial charge < -0.3 is 10.2 Å². The van der Waals surface area contributed by atoms with Gasteiger partial charge in [0.25, 0.3) is 0 Å². The van der Waals surface area contributed by atoms with Gasteiger partial charge in [-0.3, -0.25) is 4.79 Å². The Labute approximate surface area is 93.2 Å². The van der Waals surface area contributed by atoms with Gasteiger partial charge in [0.1, 0.15) is 0 Å². The summed E-state index contributed by atoms with van der Waals surface area (Å²) in [6, 6.07) is 0. The van der Waals surface area contributed by atoms with Gasteiger partial charge in [-0.2, -0.15) is 0 Å². The summed E-state index contributed by atoms with van der Waals surface area (Å²) in [6.07, 6.45) is 2.16. The summed E-state index contributed by atoms with van der Waals surface area (Å²) in [5.74, 6) is 1.19. The van der Waals surface area contributed by atoms with Crippen LogP contribution in [0.2, 0.25) is 0 Å². The van der Waals surface area contributed by atoms with Crippen molar-refractivity contribution < 1.29 is 4.79 Å². The van der Waals surface area contributed by atoms with Crippen LogP contribution in [-0.4, -0.2) is 37.0 Å². The van der Waals surface area contributed by atoms with E-state index in [1.54, 1.807) is 0 Å². The van der Waals surface area contributed by atoms with Crippen molar-refractivity contribution in [1.82, 2.24) is 10.2 Å². The van der Waals surface area contributed by atoms with Crippen LogP contribution in [0.1, 0.15) is 33.6 Å². The van der Waals surface area contributed by atoms with E-state index >= 15 is 0 Å². The summed E-state index contributed by atoms with van der Waals surface area (Å²) in [6.45, 7) is 10.1. The molecule has 88 valence electrons. The van der Waals surface area contributed by atoms with E-state index in [9.17, 15) is 4.79 Å². The molecule has 0 spiro atoms. The molecule has 0 radical (unpaired) electrons. The Bertz CT molecular complexity index is 200. The van der Waals surface area contributed by atoms with E-state index in [0.29, 0.717) is 11.8 Å². The maximum absolute atomic E-state index is 12.1. The van der Waals surface area contributed by atoms with Crippen LogP contribution in [0.25, 0.3) is 0 Å². The molecule has 15 heavy (non-hydrogen) atoms. The molecule has 0 aromatic rings. The van der Waals surface area contributed by atoms with E-state index in [2.05, 4.69) is 26.1 Å². The summed E-state index contributed by atoms with van der Waals surface area (Å²) >= 11 is 0. The summed E-state index contributed by atoms with van der Waals surface area (Å²) in [5.41, 5.74) is 0. The lowest BCUT2D eigenvalue weighted by Gasteiger charge is -2.26. The normalized spacial score (nSPS) is 22.7. The summed E-state index contributed by atoms with van der Waals surface area (Å²) in [5, 5.41) is 3.25. The first-order valence-corrected chi connectivity index (χ1v) is 6.18. The molecule has 1 N–H and O–H groups in total. The Morgan fingerprint density at radius 2 is 2.27 bits per heavy atom. The van der Waals surface area contributed by atoms with Gasteiger partial charge in [-0.25, -0.2) is 0 Å². The van der Waals surface area contributed by atoms with Crippen LogP contribution in [-0.2, 0) is 4.79 Å². The van der Waals surface area contributed by atoms with Gasteiger partial charge in [-0.15, -0.1) is 0 Å². The van der Waals surface area contributed by atoms with Crippen LogP contribution in [0.3, 0.4) is 0 Å². The maximum atomic E-state index is 12.1. The molecule has 1 rings (SSSR count). The highest BCUT2D eigenvalue weighted by Crippen LogP contribution is 2.13. The predicted molar refractivity (Wildman–Crippen MR) is 62.7 cm³/mol. The van der Waals surface area contributed by atoms with Crippen LogP contribution < -0.4 is 5.32 Å². The molecule has 1 aliphatic rings. The number of rotatable bonds is 5. The quantitative estimate of drug-likeness (QED) is 0.749. The van der Waals surface area contributed by atoms with Gasteiger partial charge in [0.2, 0.25) is 5.91 Å². The molecule has 0 aromatic carbocycles. The van der Waals surface area contributed by atoms with E-state index in [0.717, 1.165) is 39.0 Å². The molecule has 2 atom stereocenters. The Morgan fingerprint density at radius 3 is 2.73 bits per heavy atom. The lowest BCUT2D eigenvalue weighted by atomic mass is 10.0. The third kappa shape index (κ3) is 3.49. The van der Waals surface area contributed by atoms with Gasteiger partial charge in [0, 0.05) is 19.6 Å². The number of carbonyl (C=O) groups excluding carboxylic acids is 1. The Kier molecular flexibility index (Phi) is 5.09. The molecule has 1 aliphatic heterocycles. The largest absolute Gasteiger partial charge is 0.342 e. The Morgan fingerprint density at radius 1 is 1.53 bits per heavy atom. The molecule has 0 aliphatic carbocycles. The van der Waals surface area contributed by atoms with E-state index in [-0.39, 0.29) is 5.92 Å². The number of hydrogen-bond donors (Lipinski definition) is 1. The van der Waals surface area contributed by atoms with Gasteiger partial charge in [-0.1, -0.05) is 20.3 Å². The standard InChI is InChI=1S/C12H24N2O/c1-4-10(3)9-14(5-2)12(15)11-6-7-13-8-11/h10-11,13H,4-9H2,1-3H3. The molecular formula is C12H24N2O. The molecular weight excluding hydrogens is 188 g/mol. The van der Waals surface area contributed by atoms with Crippen molar-refractivity contribution in [1.29, 1.82) is 0 Å². The minimum Gasteiger partial charge on any atom is -0.342 e. The van der Waals surface area contributed by atoms with Gasteiger partial charge in [0.15, 0.2) is 0 Å². The second kappa shape index (κ2) is 6.11. The fourth-order valence-corrected chi connectivity index (χ4v) is 2.00. The molecule has 1 fully saturated rings. The molecule has 0 saturated carbocycles. The fourth-order valence-electron chi connectivity index (χ4n) is 2.00. The number of amides is 1. The number of nitrogens with one attached hydrogen (secondary N) is 1. The lowest BCUT2D eigenvalue weighted by Crippen LogP contribution is -2.39. The molecule has 1 saturated heterocycles. The zero-order valence-electron chi connectivity index (χ0n) is 10.3. The van der Waals surface area contributed by atoms with Crippen molar-refractivity contribution in [3.05, 3.63) is 0 Å². The van der Waals surface area contributed by atoms with Crippen molar-refractivity contribution in [3.8, 4) is 0 Å². The second-order valence-corrected chi connectivity index (χ2v) is 4.58. The molecule has 0 bridgehead atoms. The van der Waals surface area contributed by atoms with Crippen LogP contribution in [0.15, 0.2) is 0 Å². The summed E-state index contributed by atoms with van der Waals surface area (Å²) in [4.78, 5) is 14.1. The van der Waals surface area contributed by atoms with Crippen LogP contribution in [0.5, 0.6) is 0 Å². The molecule has 3 heteroatoms. The highest BCUT2D eigenvalue weighted by molar-refractivity contribution is 5.79. The maximum Gasteiger partial charge on any atom is 0.227 e. The van der Waals surface area contributed by atoms with E-state index < -0.39 is 0 Å². The van der Waals surface area contributed by atoms with E-state index in [1.807, 2.05) is 4.90 Å². The van der Waals surface area contributed by atoms with Gasteiger partial charge in [-0.05, 0) is 25.8 Å². The lowest BCUT2D eigenvalue weighted by molar-refractivity contribution is -0.135. The van der Waals surface area contributed by atoms with Gasteiger partial charge in [0.05, 0.1) is 5.92 Å². The molecule has 1 amide bonds. The summed E-state index contributed by atoms with van der Waals surface area (Å²) < 4.78 is 0. The molecule has 2 unspecified atom stereocenters. The van der Waals surface area contributed by atoms with Crippen molar-refractivity contribution in [2.75, 3.05) is 26.2 Å². The first kappa shape index (κ1) is 12.5. The van der Waals surface area contributed by atoms with Crippen LogP contribution >= 0.6 is 0 Å². The Hall–Kier alpha value is -0.570. The molecule has 3 nitrogen and oxygen atoms in total. The molecule has 0 aromatic heterocycles. The van der Waals surface area contributed by atoms with E-state index in [4.69, 9.17) is 0 Å². The highest BCUT2D eigenvalue weighted by Gasteiger charge is 2.26. The Balaban J connectivity index is 2.45. The number of carbonyl (C=O) groups is 1. The van der Waals surface area contributed by atoms with Crippen molar-refractivity contribution in [3.63, 3.8) is 0 Å². The smallest absolute Gasteiger partial charge is 0.227 e. The topological polar surface area (TPSA) is 32.3 Å². The minimum absolute atomic E-state index is 0.231. The third-order valence-corrected chi connectivity index (χ3v) is 3.33.